The summed E-state index contributed by atoms with van der Waals surface area (Å²) in [6, 6.07) is 18.8. The lowest BCUT2D eigenvalue weighted by atomic mass is 10.0. The van der Waals surface area contributed by atoms with Gasteiger partial charge in [-0.2, -0.15) is 0 Å². The van der Waals surface area contributed by atoms with Crippen molar-refractivity contribution in [2.24, 2.45) is 5.92 Å². The van der Waals surface area contributed by atoms with Crippen LogP contribution in [0.25, 0.3) is 0 Å². The topological polar surface area (TPSA) is 77.2 Å². The van der Waals surface area contributed by atoms with Gasteiger partial charge in [-0.3, -0.25) is 4.79 Å². The van der Waals surface area contributed by atoms with Crippen molar-refractivity contribution >= 4 is 17.4 Å². The normalized spacial score (nSPS) is 10.7. The molecule has 1 heterocycles. The number of nitrogens with two attached hydrogens (primary N) is 1. The maximum absolute atomic E-state index is 12.4. The molecular formula is C23H25N3O2. The molecule has 0 aliphatic carbocycles. The standard InChI is InChI=1S/C23H25N3O2/c1-15(2)13-17-5-4-6-20(14-17)28-19-10-8-18(9-11-19)26-23(27)21-12-7-16(3)25-22(21)24/h4-12,14-15H,13H2,1-3H3,(H2,24,25)(H,26,27). The van der Waals surface area contributed by atoms with Crippen LogP contribution in [0, 0.1) is 12.8 Å². The van der Waals surface area contributed by atoms with Gasteiger partial charge in [0.05, 0.1) is 5.56 Å². The Kier molecular flexibility index (Phi) is 5.94. The highest BCUT2D eigenvalue weighted by Crippen LogP contribution is 2.25. The number of rotatable bonds is 6. The third-order valence-corrected chi connectivity index (χ3v) is 4.20. The molecule has 0 atom stereocenters. The zero-order valence-corrected chi connectivity index (χ0v) is 16.4. The van der Waals surface area contributed by atoms with Crippen molar-refractivity contribution < 1.29 is 9.53 Å². The zero-order valence-electron chi connectivity index (χ0n) is 16.4. The first kappa shape index (κ1) is 19.4. The van der Waals surface area contributed by atoms with Crippen molar-refractivity contribution in [1.82, 2.24) is 4.98 Å². The number of amides is 1. The smallest absolute Gasteiger partial charge is 0.259 e. The van der Waals surface area contributed by atoms with Crippen molar-refractivity contribution in [2.75, 3.05) is 11.1 Å². The van der Waals surface area contributed by atoms with Gasteiger partial charge in [-0.25, -0.2) is 4.98 Å². The number of carbonyl (C=O) groups excluding carboxylic acids is 1. The lowest BCUT2D eigenvalue weighted by Crippen LogP contribution is -2.15. The third-order valence-electron chi connectivity index (χ3n) is 4.20. The van der Waals surface area contributed by atoms with Gasteiger partial charge < -0.3 is 15.8 Å². The molecule has 3 N–H and O–H groups in total. The van der Waals surface area contributed by atoms with E-state index in [1.54, 1.807) is 24.3 Å². The fourth-order valence-electron chi connectivity index (χ4n) is 2.92. The first-order valence-corrected chi connectivity index (χ1v) is 9.32. The Balaban J connectivity index is 1.66. The third kappa shape index (κ3) is 5.10. The molecule has 0 saturated heterocycles. The summed E-state index contributed by atoms with van der Waals surface area (Å²) < 4.78 is 5.93. The number of aryl methyl sites for hydroxylation is 1. The molecule has 1 aromatic heterocycles. The van der Waals surface area contributed by atoms with E-state index in [2.05, 4.69) is 36.3 Å². The van der Waals surface area contributed by atoms with Gasteiger partial charge in [0.1, 0.15) is 17.3 Å². The molecule has 5 nitrogen and oxygen atoms in total. The summed E-state index contributed by atoms with van der Waals surface area (Å²) in [6.07, 6.45) is 1.01. The van der Waals surface area contributed by atoms with Crippen molar-refractivity contribution in [1.29, 1.82) is 0 Å². The van der Waals surface area contributed by atoms with Crippen LogP contribution in [0.3, 0.4) is 0 Å². The van der Waals surface area contributed by atoms with Gasteiger partial charge in [-0.05, 0) is 73.4 Å². The van der Waals surface area contributed by atoms with Crippen LogP contribution in [-0.2, 0) is 6.42 Å². The van der Waals surface area contributed by atoms with Crippen LogP contribution in [0.5, 0.6) is 11.5 Å². The van der Waals surface area contributed by atoms with E-state index >= 15 is 0 Å². The second kappa shape index (κ2) is 8.57. The second-order valence-electron chi connectivity index (χ2n) is 7.21. The number of nitrogens with zero attached hydrogens (tertiary/aromatic N) is 1. The highest BCUT2D eigenvalue weighted by Gasteiger charge is 2.11. The number of anilines is 2. The van der Waals surface area contributed by atoms with E-state index in [1.165, 1.54) is 5.56 Å². The average molecular weight is 375 g/mol. The average Bonchev–Trinajstić information content (AvgIpc) is 2.63. The Morgan fingerprint density at radius 2 is 1.82 bits per heavy atom. The molecule has 5 heteroatoms. The Morgan fingerprint density at radius 3 is 2.50 bits per heavy atom. The van der Waals surface area contributed by atoms with Crippen LogP contribution in [0.15, 0.2) is 60.7 Å². The molecule has 0 saturated carbocycles. The molecule has 0 aliphatic rings. The summed E-state index contributed by atoms with van der Waals surface area (Å²) in [7, 11) is 0. The fraction of sp³-hybridized carbons (Fsp3) is 0.217. The Labute approximate surface area is 165 Å². The SMILES string of the molecule is Cc1ccc(C(=O)Nc2ccc(Oc3cccc(CC(C)C)c3)cc2)c(N)n1. The summed E-state index contributed by atoms with van der Waals surface area (Å²) in [4.78, 5) is 16.5. The van der Waals surface area contributed by atoms with Gasteiger partial charge in [0, 0.05) is 11.4 Å². The number of ether oxygens (including phenoxy) is 1. The Bertz CT molecular complexity index is 966. The number of hydrogen-bond donors (Lipinski definition) is 2. The van der Waals surface area contributed by atoms with E-state index in [4.69, 9.17) is 10.5 Å². The number of nitrogen functional groups attached to an aromatic ring is 1. The molecule has 0 fully saturated rings. The summed E-state index contributed by atoms with van der Waals surface area (Å²) in [5.41, 5.74) is 8.87. The second-order valence-corrected chi connectivity index (χ2v) is 7.21. The van der Waals surface area contributed by atoms with Gasteiger partial charge in [0.2, 0.25) is 0 Å². The molecule has 2 aromatic carbocycles. The van der Waals surface area contributed by atoms with Gasteiger partial charge in [-0.1, -0.05) is 26.0 Å². The number of hydrogen-bond acceptors (Lipinski definition) is 4. The molecule has 144 valence electrons. The predicted molar refractivity (Wildman–Crippen MR) is 113 cm³/mol. The van der Waals surface area contributed by atoms with E-state index in [1.807, 2.05) is 31.2 Å². The summed E-state index contributed by atoms with van der Waals surface area (Å²) >= 11 is 0. The number of carbonyl (C=O) groups is 1. The minimum atomic E-state index is -0.292. The molecule has 0 radical (unpaired) electrons. The van der Waals surface area contributed by atoms with Crippen LogP contribution in [0.2, 0.25) is 0 Å². The van der Waals surface area contributed by atoms with Crippen molar-refractivity contribution in [3.05, 3.63) is 77.5 Å². The monoisotopic (exact) mass is 375 g/mol. The van der Waals surface area contributed by atoms with Gasteiger partial charge in [0.15, 0.2) is 0 Å². The first-order chi connectivity index (χ1) is 13.4. The van der Waals surface area contributed by atoms with E-state index < -0.39 is 0 Å². The lowest BCUT2D eigenvalue weighted by Gasteiger charge is -2.11. The van der Waals surface area contributed by atoms with Crippen LogP contribution in [-0.4, -0.2) is 10.9 Å². The Morgan fingerprint density at radius 1 is 1.07 bits per heavy atom. The van der Waals surface area contributed by atoms with Gasteiger partial charge >= 0.3 is 0 Å². The molecule has 28 heavy (non-hydrogen) atoms. The van der Waals surface area contributed by atoms with Gasteiger partial charge in [-0.15, -0.1) is 0 Å². The molecule has 1 amide bonds. The highest BCUT2D eigenvalue weighted by atomic mass is 16.5. The molecule has 3 aromatic rings. The van der Waals surface area contributed by atoms with Crippen molar-refractivity contribution in [2.45, 2.75) is 27.2 Å². The van der Waals surface area contributed by atoms with Crippen LogP contribution in [0.1, 0.15) is 35.5 Å². The molecule has 0 spiro atoms. The van der Waals surface area contributed by atoms with Gasteiger partial charge in [0.25, 0.3) is 5.91 Å². The summed E-state index contributed by atoms with van der Waals surface area (Å²) in [5, 5.41) is 2.83. The molecule has 0 unspecified atom stereocenters. The molecule has 0 aliphatic heterocycles. The van der Waals surface area contributed by atoms with E-state index in [9.17, 15) is 4.79 Å². The largest absolute Gasteiger partial charge is 0.457 e. The van der Waals surface area contributed by atoms with Crippen LogP contribution < -0.4 is 15.8 Å². The highest BCUT2D eigenvalue weighted by molar-refractivity contribution is 6.07. The van der Waals surface area contributed by atoms with Crippen LogP contribution >= 0.6 is 0 Å². The quantitative estimate of drug-likeness (QED) is 0.619. The number of aromatic nitrogens is 1. The summed E-state index contributed by atoms with van der Waals surface area (Å²) in [5.74, 6) is 2.03. The maximum atomic E-state index is 12.4. The van der Waals surface area contributed by atoms with E-state index in [0.29, 0.717) is 22.9 Å². The van der Waals surface area contributed by atoms with Crippen molar-refractivity contribution in [3.63, 3.8) is 0 Å². The van der Waals surface area contributed by atoms with E-state index in [0.717, 1.165) is 17.9 Å². The molecular weight excluding hydrogens is 350 g/mol. The van der Waals surface area contributed by atoms with Crippen molar-refractivity contribution in [3.8, 4) is 11.5 Å². The molecule has 0 bridgehead atoms. The minimum absolute atomic E-state index is 0.221. The zero-order chi connectivity index (χ0) is 20.1. The number of pyridine rings is 1. The maximum Gasteiger partial charge on any atom is 0.259 e. The van der Waals surface area contributed by atoms with E-state index in [-0.39, 0.29) is 11.7 Å². The predicted octanol–water partition coefficient (Wildman–Crippen LogP) is 5.22. The number of benzene rings is 2. The minimum Gasteiger partial charge on any atom is -0.457 e. The Hall–Kier alpha value is -3.34. The van der Waals surface area contributed by atoms with Crippen LogP contribution in [0.4, 0.5) is 11.5 Å². The lowest BCUT2D eigenvalue weighted by molar-refractivity contribution is 0.102. The summed E-state index contributed by atoms with van der Waals surface area (Å²) in [6.45, 7) is 6.22. The molecule has 3 rings (SSSR count). The number of nitrogens with one attached hydrogen (secondary N) is 1. The fourth-order valence-corrected chi connectivity index (χ4v) is 2.92. The first-order valence-electron chi connectivity index (χ1n) is 9.32.